The molecule has 1 aliphatic rings. The Morgan fingerprint density at radius 1 is 1.42 bits per heavy atom. The summed E-state index contributed by atoms with van der Waals surface area (Å²) in [6, 6.07) is 0. The van der Waals surface area contributed by atoms with Crippen molar-refractivity contribution in [3.63, 3.8) is 0 Å². The number of hydrogen-bond donors (Lipinski definition) is 1. The van der Waals surface area contributed by atoms with Gasteiger partial charge >= 0.3 is 6.18 Å². The summed E-state index contributed by atoms with van der Waals surface area (Å²) in [7, 11) is 3.51. The average molecular weight is 362 g/mol. The van der Waals surface area contributed by atoms with Crippen LogP contribution in [0.4, 0.5) is 13.2 Å². The lowest BCUT2D eigenvalue weighted by Gasteiger charge is -2.34. The van der Waals surface area contributed by atoms with Gasteiger partial charge in [0.25, 0.3) is 0 Å². The monoisotopic (exact) mass is 362 g/mol. The Hall–Kier alpha value is -1.31. The zero-order valence-corrected chi connectivity index (χ0v) is 15.2. The first-order chi connectivity index (χ1) is 11.3. The number of aliphatic imine (C=N–C) groups is 1. The molecule has 1 aliphatic carbocycles. The van der Waals surface area contributed by atoms with Crippen molar-refractivity contribution in [2.75, 3.05) is 20.6 Å². The fourth-order valence-corrected chi connectivity index (χ4v) is 3.89. The molecule has 0 bridgehead atoms. The van der Waals surface area contributed by atoms with Crippen molar-refractivity contribution in [1.29, 1.82) is 0 Å². The number of alkyl halides is 3. The van der Waals surface area contributed by atoms with Gasteiger partial charge in [-0.25, -0.2) is 4.98 Å². The zero-order chi connectivity index (χ0) is 17.7. The van der Waals surface area contributed by atoms with Crippen molar-refractivity contribution in [3.8, 4) is 0 Å². The lowest BCUT2D eigenvalue weighted by atomic mass is 9.79. The Morgan fingerprint density at radius 3 is 2.71 bits per heavy atom. The van der Waals surface area contributed by atoms with Gasteiger partial charge in [-0.2, -0.15) is 13.2 Å². The number of aromatic nitrogens is 1. The number of nitrogens with one attached hydrogen (secondary N) is 1. The maximum atomic E-state index is 13.2. The van der Waals surface area contributed by atoms with Crippen LogP contribution in [0.25, 0.3) is 0 Å². The van der Waals surface area contributed by atoms with Crippen LogP contribution >= 0.6 is 11.3 Å². The third-order valence-electron chi connectivity index (χ3n) is 4.49. The van der Waals surface area contributed by atoms with Crippen molar-refractivity contribution in [2.24, 2.45) is 16.8 Å². The van der Waals surface area contributed by atoms with E-state index in [-0.39, 0.29) is 12.3 Å². The second-order valence-corrected chi connectivity index (χ2v) is 7.40. The molecular weight excluding hydrogens is 337 g/mol. The maximum absolute atomic E-state index is 13.2. The molecular formula is C16H25F3N4S. The summed E-state index contributed by atoms with van der Waals surface area (Å²) in [6.07, 6.45) is -1.73. The van der Waals surface area contributed by atoms with Crippen molar-refractivity contribution < 1.29 is 13.2 Å². The number of halogens is 3. The molecule has 0 aliphatic heterocycles. The van der Waals surface area contributed by atoms with Crippen LogP contribution in [-0.4, -0.2) is 42.7 Å². The Bertz CT molecular complexity index is 556. The van der Waals surface area contributed by atoms with Gasteiger partial charge in [0.1, 0.15) is 0 Å². The molecule has 0 saturated heterocycles. The van der Waals surface area contributed by atoms with Crippen molar-refractivity contribution >= 4 is 17.3 Å². The predicted octanol–water partition coefficient (Wildman–Crippen LogP) is 3.83. The van der Waals surface area contributed by atoms with Crippen LogP contribution in [-0.2, 0) is 6.54 Å². The number of thiazole rings is 1. The minimum atomic E-state index is -4.11. The van der Waals surface area contributed by atoms with Gasteiger partial charge in [-0.15, -0.1) is 11.3 Å². The summed E-state index contributed by atoms with van der Waals surface area (Å²) in [5.41, 5.74) is 0.939. The van der Waals surface area contributed by atoms with Crippen molar-refractivity contribution in [1.82, 2.24) is 15.2 Å². The zero-order valence-electron chi connectivity index (χ0n) is 14.4. The molecule has 1 fully saturated rings. The van der Waals surface area contributed by atoms with Crippen LogP contribution < -0.4 is 5.32 Å². The van der Waals surface area contributed by atoms with Gasteiger partial charge < -0.3 is 10.2 Å². The smallest absolute Gasteiger partial charge is 0.356 e. The molecule has 0 aromatic carbocycles. The number of guanidine groups is 1. The third kappa shape index (κ3) is 5.09. The summed E-state index contributed by atoms with van der Waals surface area (Å²) in [4.78, 5) is 10.5. The normalized spacial score (nSPS) is 22.5. The SMILES string of the molecule is CN=C(NCC1CCCCC1C(F)(F)F)N(C)Cc1csc(C)n1. The first-order valence-electron chi connectivity index (χ1n) is 8.20. The predicted molar refractivity (Wildman–Crippen MR) is 91.2 cm³/mol. The largest absolute Gasteiger partial charge is 0.392 e. The molecule has 24 heavy (non-hydrogen) atoms. The number of rotatable bonds is 4. The molecule has 8 heteroatoms. The number of hydrogen-bond acceptors (Lipinski definition) is 3. The summed E-state index contributed by atoms with van der Waals surface area (Å²) in [5.74, 6) is -0.985. The van der Waals surface area contributed by atoms with Crippen LogP contribution in [0.5, 0.6) is 0 Å². The van der Waals surface area contributed by atoms with Gasteiger partial charge in [-0.3, -0.25) is 4.99 Å². The van der Waals surface area contributed by atoms with Crippen LogP contribution in [0.2, 0.25) is 0 Å². The minimum Gasteiger partial charge on any atom is -0.356 e. The van der Waals surface area contributed by atoms with Gasteiger partial charge in [-0.05, 0) is 25.7 Å². The number of aryl methyl sites for hydroxylation is 1. The molecule has 0 radical (unpaired) electrons. The highest BCUT2D eigenvalue weighted by Gasteiger charge is 2.45. The van der Waals surface area contributed by atoms with Gasteiger partial charge in [0.2, 0.25) is 0 Å². The summed E-state index contributed by atoms with van der Waals surface area (Å²) in [6.45, 7) is 2.83. The molecule has 0 spiro atoms. The summed E-state index contributed by atoms with van der Waals surface area (Å²) < 4.78 is 39.5. The molecule has 2 atom stereocenters. The highest BCUT2D eigenvalue weighted by Crippen LogP contribution is 2.41. The molecule has 4 nitrogen and oxygen atoms in total. The van der Waals surface area contributed by atoms with E-state index in [1.54, 1.807) is 18.4 Å². The Balaban J connectivity index is 1.92. The first kappa shape index (κ1) is 19.0. The lowest BCUT2D eigenvalue weighted by molar-refractivity contribution is -0.195. The van der Waals surface area contributed by atoms with Crippen LogP contribution in [0.3, 0.4) is 0 Å². The molecule has 2 unspecified atom stereocenters. The van der Waals surface area contributed by atoms with E-state index < -0.39 is 12.1 Å². The molecule has 136 valence electrons. The average Bonchev–Trinajstić information content (AvgIpc) is 2.92. The third-order valence-corrected chi connectivity index (χ3v) is 5.31. The molecule has 1 N–H and O–H groups in total. The summed E-state index contributed by atoms with van der Waals surface area (Å²) in [5, 5.41) is 6.10. The highest BCUT2D eigenvalue weighted by molar-refractivity contribution is 7.09. The fraction of sp³-hybridized carbons (Fsp3) is 0.750. The van der Waals surface area contributed by atoms with E-state index in [9.17, 15) is 13.2 Å². The van der Waals surface area contributed by atoms with Crippen LogP contribution in [0.15, 0.2) is 10.4 Å². The standard InChI is InChI=1S/C16H25F3N4S/c1-11-22-13(10-24-11)9-23(3)15(20-2)21-8-12-6-4-5-7-14(12)16(17,18)19/h10,12,14H,4-9H2,1-3H3,(H,20,21). The molecule has 2 rings (SSSR count). The first-order valence-corrected chi connectivity index (χ1v) is 9.08. The molecule has 1 aromatic heterocycles. The molecule has 1 heterocycles. The van der Waals surface area contributed by atoms with E-state index in [1.807, 2.05) is 24.3 Å². The van der Waals surface area contributed by atoms with E-state index in [1.165, 1.54) is 0 Å². The highest BCUT2D eigenvalue weighted by atomic mass is 32.1. The van der Waals surface area contributed by atoms with Gasteiger partial charge in [0, 0.05) is 26.0 Å². The van der Waals surface area contributed by atoms with E-state index >= 15 is 0 Å². The van der Waals surface area contributed by atoms with Crippen molar-refractivity contribution in [2.45, 2.75) is 45.3 Å². The lowest BCUT2D eigenvalue weighted by Crippen LogP contribution is -2.44. The second-order valence-electron chi connectivity index (χ2n) is 6.33. The fourth-order valence-electron chi connectivity index (χ4n) is 3.29. The Morgan fingerprint density at radius 2 is 2.12 bits per heavy atom. The van der Waals surface area contributed by atoms with Crippen LogP contribution in [0.1, 0.15) is 36.4 Å². The van der Waals surface area contributed by atoms with E-state index in [0.29, 0.717) is 31.9 Å². The maximum Gasteiger partial charge on any atom is 0.392 e. The van der Waals surface area contributed by atoms with Crippen molar-refractivity contribution in [3.05, 3.63) is 16.1 Å². The second kappa shape index (κ2) is 8.18. The minimum absolute atomic E-state index is 0.238. The van der Waals surface area contributed by atoms with E-state index in [4.69, 9.17) is 0 Å². The topological polar surface area (TPSA) is 40.5 Å². The van der Waals surface area contributed by atoms with Gasteiger partial charge in [-0.1, -0.05) is 12.8 Å². The molecule has 1 saturated carbocycles. The quantitative estimate of drug-likeness (QED) is 0.654. The molecule has 1 aromatic rings. The number of nitrogens with zero attached hydrogens (tertiary/aromatic N) is 3. The Labute approximate surface area is 145 Å². The van der Waals surface area contributed by atoms with E-state index in [2.05, 4.69) is 15.3 Å². The molecule has 0 amide bonds. The van der Waals surface area contributed by atoms with E-state index in [0.717, 1.165) is 17.1 Å². The van der Waals surface area contributed by atoms with Gasteiger partial charge in [0.05, 0.1) is 23.2 Å². The Kier molecular flexibility index (Phi) is 6.48. The summed E-state index contributed by atoms with van der Waals surface area (Å²) >= 11 is 1.58. The van der Waals surface area contributed by atoms with Gasteiger partial charge in [0.15, 0.2) is 5.96 Å². The van der Waals surface area contributed by atoms with Crippen LogP contribution in [0, 0.1) is 18.8 Å².